The fourth-order valence-electron chi connectivity index (χ4n) is 1.67. The molecule has 0 fully saturated rings. The molecule has 0 N–H and O–H groups in total. The number of nitro groups is 1. The van der Waals surface area contributed by atoms with Gasteiger partial charge in [0.05, 0.1) is 11.0 Å². The Balaban J connectivity index is 2.35. The zero-order chi connectivity index (χ0) is 13.1. The molecule has 92 valence electrons. The second-order valence-electron chi connectivity index (χ2n) is 3.81. The summed E-state index contributed by atoms with van der Waals surface area (Å²) >= 11 is 5.75. The Kier molecular flexibility index (Phi) is 3.58. The molecule has 0 heterocycles. The fraction of sp³-hybridized carbons (Fsp3) is 0.0769. The first kappa shape index (κ1) is 12.5. The first-order valence-electron chi connectivity index (χ1n) is 5.24. The summed E-state index contributed by atoms with van der Waals surface area (Å²) in [5.74, 6) is -0.616. The third-order valence-electron chi connectivity index (χ3n) is 2.55. The summed E-state index contributed by atoms with van der Waals surface area (Å²) in [6.45, 7) is 0. The molecule has 0 amide bonds. The maximum Gasteiger partial charge on any atom is 0.290 e. The Morgan fingerprint density at radius 3 is 2.50 bits per heavy atom. The Morgan fingerprint density at radius 2 is 1.89 bits per heavy atom. The Morgan fingerprint density at radius 1 is 1.22 bits per heavy atom. The van der Waals surface area contributed by atoms with Crippen LogP contribution in [-0.4, -0.2) is 4.92 Å². The first-order chi connectivity index (χ1) is 8.58. The minimum Gasteiger partial charge on any atom is -0.258 e. The molecule has 5 heteroatoms. The van der Waals surface area contributed by atoms with Crippen molar-refractivity contribution in [2.24, 2.45) is 0 Å². The monoisotopic (exact) mass is 265 g/mol. The van der Waals surface area contributed by atoms with Gasteiger partial charge in [-0.2, -0.15) is 0 Å². The van der Waals surface area contributed by atoms with Gasteiger partial charge in [-0.15, -0.1) is 0 Å². The number of nitro benzene ring substituents is 1. The van der Waals surface area contributed by atoms with E-state index in [1.54, 1.807) is 0 Å². The summed E-state index contributed by atoms with van der Waals surface area (Å²) in [7, 11) is 0. The lowest BCUT2D eigenvalue weighted by Crippen LogP contribution is -1.96. The van der Waals surface area contributed by atoms with Crippen LogP contribution in [0, 0.1) is 15.9 Å². The van der Waals surface area contributed by atoms with E-state index >= 15 is 0 Å². The average Bonchev–Trinajstić information content (AvgIpc) is 2.34. The van der Waals surface area contributed by atoms with Crippen molar-refractivity contribution in [3.63, 3.8) is 0 Å². The summed E-state index contributed by atoms with van der Waals surface area (Å²) in [4.78, 5) is 9.90. The van der Waals surface area contributed by atoms with Gasteiger partial charge < -0.3 is 0 Å². The third-order valence-corrected chi connectivity index (χ3v) is 2.85. The van der Waals surface area contributed by atoms with Gasteiger partial charge in [-0.1, -0.05) is 41.9 Å². The molecule has 2 rings (SSSR count). The first-order valence-corrected chi connectivity index (χ1v) is 5.62. The number of hydrogen-bond acceptors (Lipinski definition) is 2. The number of halogens is 2. The van der Waals surface area contributed by atoms with E-state index in [0.717, 1.165) is 11.6 Å². The number of benzene rings is 2. The van der Waals surface area contributed by atoms with Crippen molar-refractivity contribution in [1.29, 1.82) is 0 Å². The van der Waals surface area contributed by atoms with E-state index in [1.165, 1.54) is 6.07 Å². The quantitative estimate of drug-likeness (QED) is 0.622. The molecule has 2 aromatic rings. The predicted octanol–water partition coefficient (Wildman–Crippen LogP) is 3.98. The maximum absolute atomic E-state index is 13.7. The highest BCUT2D eigenvalue weighted by atomic mass is 35.5. The van der Waals surface area contributed by atoms with Crippen LogP contribution in [0.4, 0.5) is 10.1 Å². The van der Waals surface area contributed by atoms with Crippen LogP contribution in [0.2, 0.25) is 5.02 Å². The normalized spacial score (nSPS) is 10.3. The van der Waals surface area contributed by atoms with Crippen LogP contribution in [0.1, 0.15) is 11.1 Å². The second kappa shape index (κ2) is 5.14. The van der Waals surface area contributed by atoms with E-state index in [2.05, 4.69) is 0 Å². The molecule has 0 saturated heterocycles. The molecule has 3 nitrogen and oxygen atoms in total. The van der Waals surface area contributed by atoms with Crippen LogP contribution in [0.3, 0.4) is 0 Å². The van der Waals surface area contributed by atoms with Crippen LogP contribution in [-0.2, 0) is 6.42 Å². The van der Waals surface area contributed by atoms with E-state index < -0.39 is 16.4 Å². The van der Waals surface area contributed by atoms with E-state index in [4.69, 9.17) is 11.6 Å². The largest absolute Gasteiger partial charge is 0.290 e. The molecular weight excluding hydrogens is 257 g/mol. The number of rotatable bonds is 3. The van der Waals surface area contributed by atoms with Gasteiger partial charge in [0.2, 0.25) is 0 Å². The highest BCUT2D eigenvalue weighted by Gasteiger charge is 2.16. The fourth-order valence-corrected chi connectivity index (χ4v) is 1.92. The van der Waals surface area contributed by atoms with Crippen molar-refractivity contribution < 1.29 is 9.31 Å². The summed E-state index contributed by atoms with van der Waals surface area (Å²) in [5, 5.41) is 10.5. The molecule has 0 saturated carbocycles. The molecule has 0 aliphatic heterocycles. The van der Waals surface area contributed by atoms with Gasteiger partial charge in [0, 0.05) is 6.42 Å². The number of hydrogen-bond donors (Lipinski definition) is 0. The summed E-state index contributed by atoms with van der Waals surface area (Å²) in [6.07, 6.45) is 0.352. The van der Waals surface area contributed by atoms with Crippen molar-refractivity contribution in [3.8, 4) is 0 Å². The Hall–Kier alpha value is -1.94. The van der Waals surface area contributed by atoms with Gasteiger partial charge in [-0.3, -0.25) is 10.1 Å². The van der Waals surface area contributed by atoms with E-state index in [-0.39, 0.29) is 5.02 Å². The summed E-state index contributed by atoms with van der Waals surface area (Å²) in [5.41, 5.74) is 0.851. The molecule has 0 atom stereocenters. The van der Waals surface area contributed by atoms with Crippen molar-refractivity contribution >= 4 is 17.3 Å². The van der Waals surface area contributed by atoms with E-state index in [9.17, 15) is 14.5 Å². The van der Waals surface area contributed by atoms with E-state index in [0.29, 0.717) is 12.0 Å². The second-order valence-corrected chi connectivity index (χ2v) is 4.22. The molecule has 0 aliphatic rings. The molecule has 0 aromatic heterocycles. The van der Waals surface area contributed by atoms with Crippen molar-refractivity contribution in [1.82, 2.24) is 0 Å². The highest BCUT2D eigenvalue weighted by Crippen LogP contribution is 2.28. The minimum atomic E-state index is -0.697. The van der Waals surface area contributed by atoms with Gasteiger partial charge in [0.15, 0.2) is 0 Å². The van der Waals surface area contributed by atoms with Crippen LogP contribution < -0.4 is 0 Å². The average molecular weight is 266 g/mol. The van der Waals surface area contributed by atoms with Crippen LogP contribution >= 0.6 is 11.6 Å². The number of nitrogens with zero attached hydrogens (tertiary/aromatic N) is 1. The molecule has 0 spiro atoms. The van der Waals surface area contributed by atoms with Crippen LogP contribution in [0.15, 0.2) is 42.5 Å². The van der Waals surface area contributed by atoms with Crippen molar-refractivity contribution in [2.45, 2.75) is 6.42 Å². The van der Waals surface area contributed by atoms with Gasteiger partial charge in [0.25, 0.3) is 5.69 Å². The third kappa shape index (κ3) is 2.65. The Bertz CT molecular complexity index is 587. The molecule has 2 aromatic carbocycles. The smallest absolute Gasteiger partial charge is 0.258 e. The standard InChI is InChI=1S/C13H9ClFNO2/c14-11-7-10(6-9-4-2-1-3-5-9)12(15)8-13(11)16(17)18/h1-5,7-8H,6H2. The molecule has 0 radical (unpaired) electrons. The topological polar surface area (TPSA) is 43.1 Å². The highest BCUT2D eigenvalue weighted by molar-refractivity contribution is 6.32. The lowest BCUT2D eigenvalue weighted by Gasteiger charge is -2.05. The molecule has 0 bridgehead atoms. The minimum absolute atomic E-state index is 0.0488. The zero-order valence-electron chi connectivity index (χ0n) is 9.27. The molecule has 0 unspecified atom stereocenters. The van der Waals surface area contributed by atoms with Crippen LogP contribution in [0.5, 0.6) is 0 Å². The van der Waals surface area contributed by atoms with Gasteiger partial charge >= 0.3 is 0 Å². The summed E-state index contributed by atoms with van der Waals surface area (Å²) < 4.78 is 13.7. The van der Waals surface area contributed by atoms with Crippen LogP contribution in [0.25, 0.3) is 0 Å². The zero-order valence-corrected chi connectivity index (χ0v) is 10.0. The Labute approximate surface area is 108 Å². The maximum atomic E-state index is 13.7. The lowest BCUT2D eigenvalue weighted by atomic mass is 10.0. The van der Waals surface area contributed by atoms with Gasteiger partial charge in [0.1, 0.15) is 10.8 Å². The van der Waals surface area contributed by atoms with Crippen molar-refractivity contribution in [2.75, 3.05) is 0 Å². The van der Waals surface area contributed by atoms with Gasteiger partial charge in [-0.25, -0.2) is 4.39 Å². The predicted molar refractivity (Wildman–Crippen MR) is 67.3 cm³/mol. The summed E-state index contributed by atoms with van der Waals surface area (Å²) in [6, 6.07) is 11.4. The van der Waals surface area contributed by atoms with Crippen molar-refractivity contribution in [3.05, 3.63) is 74.5 Å². The molecule has 18 heavy (non-hydrogen) atoms. The molecular formula is C13H9ClFNO2. The molecule has 0 aliphatic carbocycles. The van der Waals surface area contributed by atoms with Gasteiger partial charge in [-0.05, 0) is 17.2 Å². The lowest BCUT2D eigenvalue weighted by molar-refractivity contribution is -0.384. The van der Waals surface area contributed by atoms with E-state index in [1.807, 2.05) is 30.3 Å². The SMILES string of the molecule is O=[N+]([O-])c1cc(F)c(Cc2ccccc2)cc1Cl.